The highest BCUT2D eigenvalue weighted by atomic mass is 16.5. The van der Waals surface area contributed by atoms with Crippen molar-refractivity contribution in [1.29, 1.82) is 0 Å². The van der Waals surface area contributed by atoms with Crippen LogP contribution in [0.1, 0.15) is 21.5 Å². The first kappa shape index (κ1) is 20.1. The molecule has 0 bridgehead atoms. The average Bonchev–Trinajstić information content (AvgIpc) is 2.77. The zero-order valence-electron chi connectivity index (χ0n) is 15.7. The molecule has 0 aliphatic carbocycles. The molecule has 6 nitrogen and oxygen atoms in total. The Kier molecular flexibility index (Phi) is 6.97. The van der Waals surface area contributed by atoms with Gasteiger partial charge in [-0.1, -0.05) is 48.5 Å². The predicted octanol–water partition coefficient (Wildman–Crippen LogP) is 3.44. The quantitative estimate of drug-likeness (QED) is 0.575. The fourth-order valence-electron chi connectivity index (χ4n) is 2.60. The monoisotopic (exact) mass is 391 g/mol. The number of amides is 1. The van der Waals surface area contributed by atoms with Gasteiger partial charge in [0, 0.05) is 11.1 Å². The number of benzene rings is 3. The second kappa shape index (κ2) is 10.1. The molecule has 0 fully saturated rings. The number of carbonyl (C=O) groups excluding carboxylic acids is 2. The van der Waals surface area contributed by atoms with Gasteiger partial charge in [0.2, 0.25) is 0 Å². The number of hydrogen-bond donors (Lipinski definition) is 2. The van der Waals surface area contributed by atoms with Crippen LogP contribution in [-0.4, -0.2) is 23.5 Å². The number of esters is 1. The number of nitrogens with one attached hydrogen (secondary N) is 1. The minimum Gasteiger partial charge on any atom is -0.460 e. The van der Waals surface area contributed by atoms with Crippen molar-refractivity contribution in [3.63, 3.8) is 0 Å². The van der Waals surface area contributed by atoms with E-state index in [-0.39, 0.29) is 19.8 Å². The second-order valence-electron chi connectivity index (χ2n) is 6.22. The van der Waals surface area contributed by atoms with Gasteiger partial charge >= 0.3 is 5.97 Å². The molecule has 3 aromatic rings. The summed E-state index contributed by atoms with van der Waals surface area (Å²) in [5.41, 5.74) is 1.65. The Morgan fingerprint density at radius 1 is 0.897 bits per heavy atom. The van der Waals surface area contributed by atoms with Gasteiger partial charge in [-0.2, -0.15) is 0 Å². The molecule has 0 atom stereocenters. The van der Waals surface area contributed by atoms with Crippen molar-refractivity contribution in [3.05, 3.63) is 95.6 Å². The summed E-state index contributed by atoms with van der Waals surface area (Å²) in [4.78, 5) is 24.2. The predicted molar refractivity (Wildman–Crippen MR) is 107 cm³/mol. The van der Waals surface area contributed by atoms with E-state index in [0.717, 1.165) is 5.56 Å². The van der Waals surface area contributed by atoms with Crippen LogP contribution in [0.4, 0.5) is 0 Å². The molecule has 0 aromatic heterocycles. The summed E-state index contributed by atoms with van der Waals surface area (Å²) in [5, 5.41) is 12.1. The normalized spacial score (nSPS) is 10.2. The Balaban J connectivity index is 1.55. The Hall–Kier alpha value is -3.64. The molecular weight excluding hydrogens is 370 g/mol. The fourth-order valence-corrected chi connectivity index (χ4v) is 2.60. The summed E-state index contributed by atoms with van der Waals surface area (Å²) < 4.78 is 10.9. The van der Waals surface area contributed by atoms with Crippen LogP contribution in [0.3, 0.4) is 0 Å². The number of aliphatic hydroxyl groups is 1. The number of para-hydroxylation sites is 1. The van der Waals surface area contributed by atoms with Gasteiger partial charge in [-0.15, -0.1) is 0 Å². The van der Waals surface area contributed by atoms with Gasteiger partial charge in [0.05, 0.1) is 6.61 Å². The summed E-state index contributed by atoms with van der Waals surface area (Å²) in [7, 11) is 0. The van der Waals surface area contributed by atoms with Crippen LogP contribution in [0, 0.1) is 0 Å². The SMILES string of the molecule is O=C(CNC(=O)c1ccc(Oc2ccccc2)c(CO)c1)OCc1ccccc1. The maximum atomic E-state index is 12.3. The van der Waals surface area contributed by atoms with Crippen molar-refractivity contribution in [2.24, 2.45) is 0 Å². The highest BCUT2D eigenvalue weighted by molar-refractivity contribution is 5.96. The van der Waals surface area contributed by atoms with Crippen molar-refractivity contribution in [1.82, 2.24) is 5.32 Å². The topological polar surface area (TPSA) is 84.9 Å². The minimum atomic E-state index is -0.534. The summed E-state index contributed by atoms with van der Waals surface area (Å²) >= 11 is 0. The van der Waals surface area contributed by atoms with E-state index < -0.39 is 11.9 Å². The number of aliphatic hydroxyl groups excluding tert-OH is 1. The molecule has 1 amide bonds. The molecule has 6 heteroatoms. The molecule has 29 heavy (non-hydrogen) atoms. The van der Waals surface area contributed by atoms with Crippen LogP contribution in [0.25, 0.3) is 0 Å². The van der Waals surface area contributed by atoms with Gasteiger partial charge in [0.1, 0.15) is 24.7 Å². The zero-order chi connectivity index (χ0) is 20.5. The molecular formula is C23H21NO5. The lowest BCUT2D eigenvalue weighted by atomic mass is 10.1. The first-order valence-corrected chi connectivity index (χ1v) is 9.10. The van der Waals surface area contributed by atoms with Crippen LogP contribution >= 0.6 is 0 Å². The molecule has 148 valence electrons. The standard InChI is InChI=1S/C23H21NO5/c25-15-19-13-18(11-12-21(19)29-20-9-5-2-6-10-20)23(27)24-14-22(26)28-16-17-7-3-1-4-8-17/h1-13,25H,14-16H2,(H,24,27). The van der Waals surface area contributed by atoms with E-state index in [9.17, 15) is 14.7 Å². The molecule has 2 N–H and O–H groups in total. The van der Waals surface area contributed by atoms with Gasteiger partial charge in [0.25, 0.3) is 5.91 Å². The molecule has 0 spiro atoms. The van der Waals surface area contributed by atoms with Crippen LogP contribution in [0.15, 0.2) is 78.9 Å². The van der Waals surface area contributed by atoms with Crippen molar-refractivity contribution in [2.75, 3.05) is 6.54 Å². The van der Waals surface area contributed by atoms with E-state index in [1.54, 1.807) is 24.3 Å². The van der Waals surface area contributed by atoms with Crippen LogP contribution in [0.2, 0.25) is 0 Å². The first-order valence-electron chi connectivity index (χ1n) is 9.10. The molecule has 0 aliphatic heterocycles. The molecule has 0 saturated carbocycles. The van der Waals surface area contributed by atoms with Crippen LogP contribution < -0.4 is 10.1 Å². The third kappa shape index (κ3) is 5.92. The first-order chi connectivity index (χ1) is 14.2. The fraction of sp³-hybridized carbons (Fsp3) is 0.130. The van der Waals surface area contributed by atoms with Crippen molar-refractivity contribution in [3.8, 4) is 11.5 Å². The molecule has 0 saturated heterocycles. The molecule has 0 radical (unpaired) electrons. The van der Waals surface area contributed by atoms with E-state index in [1.807, 2.05) is 48.5 Å². The lowest BCUT2D eigenvalue weighted by molar-refractivity contribution is -0.143. The van der Waals surface area contributed by atoms with Crippen LogP contribution in [-0.2, 0) is 22.7 Å². The van der Waals surface area contributed by atoms with Gasteiger partial charge in [0.15, 0.2) is 0 Å². The maximum Gasteiger partial charge on any atom is 0.325 e. The van der Waals surface area contributed by atoms with E-state index in [0.29, 0.717) is 22.6 Å². The van der Waals surface area contributed by atoms with Crippen molar-refractivity contribution >= 4 is 11.9 Å². The van der Waals surface area contributed by atoms with E-state index in [4.69, 9.17) is 9.47 Å². The number of rotatable bonds is 8. The summed E-state index contributed by atoms with van der Waals surface area (Å²) in [6.45, 7) is -0.388. The van der Waals surface area contributed by atoms with Crippen molar-refractivity contribution < 1.29 is 24.2 Å². The second-order valence-corrected chi connectivity index (χ2v) is 6.22. The zero-order valence-corrected chi connectivity index (χ0v) is 15.7. The van der Waals surface area contributed by atoms with Crippen LogP contribution in [0.5, 0.6) is 11.5 Å². The maximum absolute atomic E-state index is 12.3. The Morgan fingerprint density at radius 2 is 1.59 bits per heavy atom. The smallest absolute Gasteiger partial charge is 0.325 e. The number of carbonyl (C=O) groups is 2. The van der Waals surface area contributed by atoms with Gasteiger partial charge in [-0.05, 0) is 35.9 Å². The molecule has 3 rings (SSSR count). The number of hydrogen-bond acceptors (Lipinski definition) is 5. The Morgan fingerprint density at radius 3 is 2.28 bits per heavy atom. The van der Waals surface area contributed by atoms with Gasteiger partial charge in [-0.3, -0.25) is 9.59 Å². The summed E-state index contributed by atoms with van der Waals surface area (Å²) in [6, 6.07) is 23.1. The largest absolute Gasteiger partial charge is 0.460 e. The summed E-state index contributed by atoms with van der Waals surface area (Å²) in [5.74, 6) is 0.106. The molecule has 0 aliphatic rings. The third-order valence-electron chi connectivity index (χ3n) is 4.10. The minimum absolute atomic E-state index is 0.149. The number of ether oxygens (including phenoxy) is 2. The molecule has 0 heterocycles. The van der Waals surface area contributed by atoms with Crippen molar-refractivity contribution in [2.45, 2.75) is 13.2 Å². The highest BCUT2D eigenvalue weighted by Gasteiger charge is 2.13. The third-order valence-corrected chi connectivity index (χ3v) is 4.10. The molecule has 0 unspecified atom stereocenters. The molecule has 3 aromatic carbocycles. The lowest BCUT2D eigenvalue weighted by Crippen LogP contribution is -2.30. The van der Waals surface area contributed by atoms with Gasteiger partial charge < -0.3 is 19.9 Å². The Bertz CT molecular complexity index is 958. The highest BCUT2D eigenvalue weighted by Crippen LogP contribution is 2.26. The summed E-state index contributed by atoms with van der Waals surface area (Å²) in [6.07, 6.45) is 0. The lowest BCUT2D eigenvalue weighted by Gasteiger charge is -2.12. The Labute approximate surface area is 168 Å². The van der Waals surface area contributed by atoms with E-state index in [2.05, 4.69) is 5.32 Å². The van der Waals surface area contributed by atoms with E-state index >= 15 is 0 Å². The van der Waals surface area contributed by atoms with Gasteiger partial charge in [-0.25, -0.2) is 0 Å². The average molecular weight is 391 g/mol. The van der Waals surface area contributed by atoms with E-state index in [1.165, 1.54) is 6.07 Å².